The molecule has 1 aromatic rings. The molecular weight excluding hydrogens is 269 g/mol. The molecular formula is C7H6Cl3NO2S. The third-order valence-electron chi connectivity index (χ3n) is 1.28. The van der Waals surface area contributed by atoms with Crippen molar-refractivity contribution in [2.45, 2.75) is 0 Å². The van der Waals surface area contributed by atoms with Gasteiger partial charge in [0.2, 0.25) is 10.0 Å². The molecule has 0 unspecified atom stereocenters. The van der Waals surface area contributed by atoms with Crippen molar-refractivity contribution in [1.29, 1.82) is 0 Å². The Labute approximate surface area is 97.0 Å². The minimum atomic E-state index is -3.51. The van der Waals surface area contributed by atoms with Crippen LogP contribution in [0.2, 0.25) is 10.0 Å². The molecule has 0 amide bonds. The van der Waals surface area contributed by atoms with Crippen molar-refractivity contribution in [2.75, 3.05) is 9.93 Å². The summed E-state index contributed by atoms with van der Waals surface area (Å²) in [5.41, 5.74) is 0.295. The van der Waals surface area contributed by atoms with Crippen molar-refractivity contribution < 1.29 is 8.42 Å². The van der Waals surface area contributed by atoms with E-state index in [0.29, 0.717) is 15.7 Å². The second kappa shape index (κ2) is 4.57. The molecule has 0 aromatic heterocycles. The second-order valence-electron chi connectivity index (χ2n) is 2.48. The standard InChI is InChI=1S/C7H6Cl3NO2S/c8-4-14(12,13)11-7-2-5(9)1-6(10)3-7/h1-3,11H,4H2. The lowest BCUT2D eigenvalue weighted by Crippen LogP contribution is -2.13. The second-order valence-corrected chi connectivity index (χ2v) is 5.66. The van der Waals surface area contributed by atoms with Gasteiger partial charge in [-0.25, -0.2) is 8.42 Å². The van der Waals surface area contributed by atoms with E-state index in [4.69, 9.17) is 34.8 Å². The van der Waals surface area contributed by atoms with Gasteiger partial charge in [-0.15, -0.1) is 11.6 Å². The summed E-state index contributed by atoms with van der Waals surface area (Å²) in [7, 11) is -3.51. The zero-order chi connectivity index (χ0) is 10.8. The highest BCUT2D eigenvalue weighted by molar-refractivity contribution is 7.93. The van der Waals surface area contributed by atoms with Crippen LogP contribution in [0.4, 0.5) is 5.69 Å². The summed E-state index contributed by atoms with van der Waals surface area (Å²) >= 11 is 16.5. The zero-order valence-corrected chi connectivity index (χ0v) is 9.88. The minimum absolute atomic E-state index is 0.295. The van der Waals surface area contributed by atoms with Crippen molar-refractivity contribution >= 4 is 50.5 Å². The third kappa shape index (κ3) is 3.53. The van der Waals surface area contributed by atoms with Gasteiger partial charge in [-0.05, 0) is 18.2 Å². The molecule has 78 valence electrons. The summed E-state index contributed by atoms with van der Waals surface area (Å²) < 4.78 is 24.3. The van der Waals surface area contributed by atoms with Crippen LogP contribution in [0.1, 0.15) is 0 Å². The summed E-state index contributed by atoms with van der Waals surface area (Å²) in [6, 6.07) is 4.39. The van der Waals surface area contributed by atoms with E-state index in [9.17, 15) is 8.42 Å². The first-order valence-corrected chi connectivity index (χ1v) is 6.40. The fraction of sp³-hybridized carbons (Fsp3) is 0.143. The van der Waals surface area contributed by atoms with Crippen LogP contribution < -0.4 is 4.72 Å². The highest BCUT2D eigenvalue weighted by atomic mass is 35.5. The van der Waals surface area contributed by atoms with Crippen molar-refractivity contribution in [3.05, 3.63) is 28.2 Å². The molecule has 0 atom stereocenters. The molecule has 0 fully saturated rings. The summed E-state index contributed by atoms with van der Waals surface area (Å²) in [4.78, 5) is 0. The van der Waals surface area contributed by atoms with E-state index < -0.39 is 15.2 Å². The fourth-order valence-electron chi connectivity index (χ4n) is 0.820. The number of hydrogen-bond donors (Lipinski definition) is 1. The van der Waals surface area contributed by atoms with Crippen LogP contribution in [0.5, 0.6) is 0 Å². The summed E-state index contributed by atoms with van der Waals surface area (Å²) in [6.07, 6.45) is 0. The number of nitrogens with one attached hydrogen (secondary N) is 1. The molecule has 7 heteroatoms. The Morgan fingerprint density at radius 1 is 1.14 bits per heavy atom. The molecule has 0 bridgehead atoms. The van der Waals surface area contributed by atoms with Gasteiger partial charge in [0.25, 0.3) is 0 Å². The van der Waals surface area contributed by atoms with Gasteiger partial charge < -0.3 is 0 Å². The molecule has 0 aliphatic rings. The van der Waals surface area contributed by atoms with Gasteiger partial charge in [0.1, 0.15) is 5.21 Å². The molecule has 0 saturated carbocycles. The number of alkyl halides is 1. The summed E-state index contributed by atoms with van der Waals surface area (Å²) in [5.74, 6) is 0. The van der Waals surface area contributed by atoms with Gasteiger partial charge in [-0.1, -0.05) is 23.2 Å². The molecule has 0 spiro atoms. The molecule has 1 rings (SSSR count). The maximum absolute atomic E-state index is 11.1. The Kier molecular flexibility index (Phi) is 3.89. The number of sulfonamides is 1. The van der Waals surface area contributed by atoms with Crippen molar-refractivity contribution in [3.8, 4) is 0 Å². The van der Waals surface area contributed by atoms with Crippen LogP contribution in [0.3, 0.4) is 0 Å². The average Bonchev–Trinajstić information content (AvgIpc) is 2.01. The number of hydrogen-bond acceptors (Lipinski definition) is 2. The first kappa shape index (κ1) is 11.9. The van der Waals surface area contributed by atoms with Crippen LogP contribution in [0.15, 0.2) is 18.2 Å². The van der Waals surface area contributed by atoms with Gasteiger partial charge in [0, 0.05) is 10.0 Å². The lowest BCUT2D eigenvalue weighted by Gasteiger charge is -2.05. The third-order valence-corrected chi connectivity index (χ3v) is 3.41. The Bertz CT molecular complexity index is 412. The number of halogens is 3. The molecule has 0 heterocycles. The van der Waals surface area contributed by atoms with E-state index in [-0.39, 0.29) is 0 Å². The first-order valence-electron chi connectivity index (χ1n) is 3.45. The van der Waals surface area contributed by atoms with Crippen molar-refractivity contribution in [1.82, 2.24) is 0 Å². The molecule has 0 saturated heterocycles. The van der Waals surface area contributed by atoms with E-state index in [2.05, 4.69) is 4.72 Å². The van der Waals surface area contributed by atoms with Gasteiger partial charge in [0.15, 0.2) is 0 Å². The maximum atomic E-state index is 11.1. The van der Waals surface area contributed by atoms with Gasteiger partial charge in [0.05, 0.1) is 5.69 Å². The predicted molar refractivity (Wildman–Crippen MR) is 59.7 cm³/mol. The highest BCUT2D eigenvalue weighted by Gasteiger charge is 2.08. The van der Waals surface area contributed by atoms with Gasteiger partial charge in [-0.3, -0.25) is 4.72 Å². The molecule has 0 radical (unpaired) electrons. The van der Waals surface area contributed by atoms with E-state index in [1.807, 2.05) is 0 Å². The van der Waals surface area contributed by atoms with Crippen LogP contribution in [0.25, 0.3) is 0 Å². The highest BCUT2D eigenvalue weighted by Crippen LogP contribution is 2.23. The molecule has 0 aliphatic carbocycles. The summed E-state index contributed by atoms with van der Waals surface area (Å²) in [6.45, 7) is 0. The Morgan fingerprint density at radius 2 is 1.64 bits per heavy atom. The number of anilines is 1. The molecule has 1 aromatic carbocycles. The van der Waals surface area contributed by atoms with E-state index >= 15 is 0 Å². The van der Waals surface area contributed by atoms with Crippen LogP contribution >= 0.6 is 34.8 Å². The number of rotatable bonds is 3. The maximum Gasteiger partial charge on any atom is 0.246 e. The quantitative estimate of drug-likeness (QED) is 0.862. The van der Waals surface area contributed by atoms with Crippen LogP contribution in [-0.2, 0) is 10.0 Å². The number of benzene rings is 1. The molecule has 1 N–H and O–H groups in total. The van der Waals surface area contributed by atoms with E-state index in [0.717, 1.165) is 0 Å². The molecule has 14 heavy (non-hydrogen) atoms. The summed E-state index contributed by atoms with van der Waals surface area (Å²) in [5, 5.41) is 0.187. The lowest BCUT2D eigenvalue weighted by molar-refractivity contribution is 0.605. The Morgan fingerprint density at radius 3 is 2.07 bits per heavy atom. The lowest BCUT2D eigenvalue weighted by atomic mass is 10.3. The normalized spacial score (nSPS) is 11.4. The van der Waals surface area contributed by atoms with E-state index in [1.165, 1.54) is 18.2 Å². The fourth-order valence-corrected chi connectivity index (χ4v) is 2.04. The van der Waals surface area contributed by atoms with Crippen molar-refractivity contribution in [3.63, 3.8) is 0 Å². The zero-order valence-electron chi connectivity index (χ0n) is 6.80. The molecule has 0 aliphatic heterocycles. The minimum Gasteiger partial charge on any atom is -0.282 e. The van der Waals surface area contributed by atoms with E-state index in [1.54, 1.807) is 0 Å². The largest absolute Gasteiger partial charge is 0.282 e. The van der Waals surface area contributed by atoms with Gasteiger partial charge in [-0.2, -0.15) is 0 Å². The average molecular weight is 275 g/mol. The van der Waals surface area contributed by atoms with Crippen LogP contribution in [-0.4, -0.2) is 13.6 Å². The Hall–Kier alpha value is -0.160. The monoisotopic (exact) mass is 273 g/mol. The van der Waals surface area contributed by atoms with Crippen LogP contribution in [0, 0.1) is 0 Å². The molecule has 3 nitrogen and oxygen atoms in total. The first-order chi connectivity index (χ1) is 6.43. The SMILES string of the molecule is O=S(=O)(CCl)Nc1cc(Cl)cc(Cl)c1. The predicted octanol–water partition coefficient (Wildman–Crippen LogP) is 2.93. The Balaban J connectivity index is 2.98. The topological polar surface area (TPSA) is 46.2 Å². The smallest absolute Gasteiger partial charge is 0.246 e. The van der Waals surface area contributed by atoms with Gasteiger partial charge >= 0.3 is 0 Å². The van der Waals surface area contributed by atoms with Crippen molar-refractivity contribution in [2.24, 2.45) is 0 Å².